The summed E-state index contributed by atoms with van der Waals surface area (Å²) in [6.45, 7) is 1.87. The molecule has 13 heavy (non-hydrogen) atoms. The number of carbonyl (C=O) groups is 2. The number of quaternary nitrogens is 2. The van der Waals surface area contributed by atoms with Gasteiger partial charge in [0.25, 0.3) is 0 Å². The molecule has 6 heteroatoms. The third-order valence-electron chi connectivity index (χ3n) is 1.22. The molecule has 0 saturated carbocycles. The minimum Gasteiger partial charge on any atom is -0.458 e. The van der Waals surface area contributed by atoms with Crippen molar-refractivity contribution in [2.45, 2.75) is 13.0 Å². The number of hydrogen-bond donors (Lipinski definition) is 2. The fourth-order valence-electron chi connectivity index (χ4n) is 0.600. The van der Waals surface area contributed by atoms with Gasteiger partial charge in [-0.25, -0.2) is 9.59 Å². The van der Waals surface area contributed by atoms with Crippen LogP contribution in [0.2, 0.25) is 0 Å². The van der Waals surface area contributed by atoms with Crippen LogP contribution in [0.5, 0.6) is 0 Å². The molecule has 0 aliphatic rings. The molecule has 0 heterocycles. The van der Waals surface area contributed by atoms with E-state index in [2.05, 4.69) is 11.5 Å². The molecule has 0 rings (SSSR count). The summed E-state index contributed by atoms with van der Waals surface area (Å²) in [6, 6.07) is 0. The van der Waals surface area contributed by atoms with Crippen LogP contribution in [0.25, 0.3) is 0 Å². The summed E-state index contributed by atoms with van der Waals surface area (Å²) in [5, 5.41) is 0. The third kappa shape index (κ3) is 6.06. The van der Waals surface area contributed by atoms with E-state index in [1.54, 1.807) is 6.92 Å². The molecule has 0 bridgehead atoms. The van der Waals surface area contributed by atoms with Gasteiger partial charge in [0, 0.05) is 0 Å². The van der Waals surface area contributed by atoms with Crippen LogP contribution in [-0.4, -0.2) is 37.7 Å². The van der Waals surface area contributed by atoms with E-state index in [1.807, 2.05) is 0 Å². The Hall–Kier alpha value is -1.14. The van der Waals surface area contributed by atoms with Gasteiger partial charge < -0.3 is 20.9 Å². The van der Waals surface area contributed by atoms with Gasteiger partial charge >= 0.3 is 11.9 Å². The second kappa shape index (κ2) is 6.38. The van der Waals surface area contributed by atoms with Gasteiger partial charge in [0.2, 0.25) is 0 Å². The van der Waals surface area contributed by atoms with Crippen LogP contribution in [0, 0.1) is 0 Å². The molecule has 0 aromatic heterocycles. The lowest BCUT2D eigenvalue weighted by Gasteiger charge is -2.11. The molecule has 0 aliphatic heterocycles. The van der Waals surface area contributed by atoms with Gasteiger partial charge in [-0.15, -0.1) is 0 Å². The maximum absolute atomic E-state index is 10.7. The Morgan fingerprint density at radius 1 is 1.23 bits per heavy atom. The molecule has 0 aromatic carbocycles. The highest BCUT2D eigenvalue weighted by Gasteiger charge is 2.11. The molecular weight excluding hydrogens is 176 g/mol. The van der Waals surface area contributed by atoms with E-state index in [1.165, 1.54) is 0 Å². The zero-order chi connectivity index (χ0) is 10.3. The van der Waals surface area contributed by atoms with Crippen molar-refractivity contribution in [1.29, 1.82) is 0 Å². The number of esters is 2. The third-order valence-corrected chi connectivity index (χ3v) is 1.22. The van der Waals surface area contributed by atoms with Gasteiger partial charge in [-0.05, 0) is 6.92 Å². The average Bonchev–Trinajstić information content (AvgIpc) is 2.13. The van der Waals surface area contributed by atoms with Gasteiger partial charge in [-0.3, -0.25) is 0 Å². The van der Waals surface area contributed by atoms with Crippen molar-refractivity contribution in [1.82, 2.24) is 0 Å². The Morgan fingerprint density at radius 2 is 1.77 bits per heavy atom. The first-order valence-electron chi connectivity index (χ1n) is 4.03. The summed E-state index contributed by atoms with van der Waals surface area (Å²) < 4.78 is 9.49. The second-order valence-corrected chi connectivity index (χ2v) is 2.48. The summed E-state index contributed by atoms with van der Waals surface area (Å²) in [7, 11) is 0. The van der Waals surface area contributed by atoms with Gasteiger partial charge in [0.15, 0.2) is 13.1 Å². The lowest BCUT2D eigenvalue weighted by Crippen LogP contribution is -2.55. The summed E-state index contributed by atoms with van der Waals surface area (Å²) in [5.74, 6) is -0.810. The molecule has 6 N–H and O–H groups in total. The van der Waals surface area contributed by atoms with Crippen LogP contribution in [0.1, 0.15) is 6.92 Å². The first-order valence-corrected chi connectivity index (χ1v) is 4.03. The molecule has 1 unspecified atom stereocenters. The van der Waals surface area contributed by atoms with E-state index < -0.39 is 18.0 Å². The van der Waals surface area contributed by atoms with E-state index >= 15 is 0 Å². The van der Waals surface area contributed by atoms with Gasteiger partial charge in [0.1, 0.15) is 12.7 Å². The van der Waals surface area contributed by atoms with E-state index in [4.69, 9.17) is 9.47 Å². The van der Waals surface area contributed by atoms with Crippen molar-refractivity contribution in [2.75, 3.05) is 19.7 Å². The molecule has 0 fully saturated rings. The van der Waals surface area contributed by atoms with Crippen LogP contribution in [0.3, 0.4) is 0 Å². The van der Waals surface area contributed by atoms with Crippen molar-refractivity contribution in [3.63, 3.8) is 0 Å². The molecular formula is C7H16N2O4+2. The van der Waals surface area contributed by atoms with E-state index in [9.17, 15) is 9.59 Å². The van der Waals surface area contributed by atoms with Crippen LogP contribution < -0.4 is 11.5 Å². The average molecular weight is 192 g/mol. The Morgan fingerprint density at radius 3 is 2.23 bits per heavy atom. The first kappa shape index (κ1) is 11.9. The quantitative estimate of drug-likeness (QED) is 0.451. The molecule has 0 saturated heterocycles. The number of ether oxygens (including phenoxy) is 2. The molecule has 0 radical (unpaired) electrons. The summed E-state index contributed by atoms with van der Waals surface area (Å²) in [6.07, 6.45) is -0.426. The predicted molar refractivity (Wildman–Crippen MR) is 42.0 cm³/mol. The maximum atomic E-state index is 10.7. The molecule has 6 nitrogen and oxygen atoms in total. The van der Waals surface area contributed by atoms with Gasteiger partial charge in [-0.2, -0.15) is 0 Å². The van der Waals surface area contributed by atoms with Crippen molar-refractivity contribution in [3.8, 4) is 0 Å². The fourth-order valence-corrected chi connectivity index (χ4v) is 0.600. The molecule has 1 atom stereocenters. The normalized spacial score (nSPS) is 11.9. The monoisotopic (exact) mass is 192 g/mol. The van der Waals surface area contributed by atoms with Crippen molar-refractivity contribution < 1.29 is 30.5 Å². The van der Waals surface area contributed by atoms with Crippen molar-refractivity contribution in [3.05, 3.63) is 0 Å². The Kier molecular flexibility index (Phi) is 5.82. The van der Waals surface area contributed by atoms with E-state index in [0.717, 1.165) is 0 Å². The Balaban J connectivity index is 3.56. The van der Waals surface area contributed by atoms with E-state index in [-0.39, 0.29) is 19.7 Å². The standard InChI is InChI=1S/C7H14N2O4/c1-5(13-7(11)3-9)4-12-6(10)2-8/h5H,2-4,8-9H2,1H3/p+2. The highest BCUT2D eigenvalue weighted by Crippen LogP contribution is 1.91. The van der Waals surface area contributed by atoms with Crippen LogP contribution in [0.15, 0.2) is 0 Å². The van der Waals surface area contributed by atoms with Crippen molar-refractivity contribution >= 4 is 11.9 Å². The fraction of sp³-hybridized carbons (Fsp3) is 0.714. The predicted octanol–water partition coefficient (Wildman–Crippen LogP) is -3.05. The largest absolute Gasteiger partial charge is 0.458 e. The molecule has 0 aromatic rings. The van der Waals surface area contributed by atoms with Crippen molar-refractivity contribution in [2.24, 2.45) is 0 Å². The van der Waals surface area contributed by atoms with Crippen LogP contribution >= 0.6 is 0 Å². The highest BCUT2D eigenvalue weighted by atomic mass is 16.6. The minimum absolute atomic E-state index is 0.0695. The molecule has 0 spiro atoms. The summed E-state index contributed by atoms with van der Waals surface area (Å²) in [5.41, 5.74) is 6.71. The summed E-state index contributed by atoms with van der Waals surface area (Å²) in [4.78, 5) is 21.3. The smallest absolute Gasteiger partial charge is 0.361 e. The summed E-state index contributed by atoms with van der Waals surface area (Å²) >= 11 is 0. The molecule has 0 aliphatic carbocycles. The second-order valence-electron chi connectivity index (χ2n) is 2.48. The van der Waals surface area contributed by atoms with Crippen LogP contribution in [0.4, 0.5) is 0 Å². The minimum atomic E-state index is -0.426. The lowest BCUT2D eigenvalue weighted by atomic mass is 10.4. The Bertz CT molecular complexity index is 183. The molecule has 0 amide bonds. The number of rotatable bonds is 5. The van der Waals surface area contributed by atoms with E-state index in [0.29, 0.717) is 0 Å². The lowest BCUT2D eigenvalue weighted by molar-refractivity contribution is -0.361. The maximum Gasteiger partial charge on any atom is 0.361 e. The van der Waals surface area contributed by atoms with Crippen LogP contribution in [-0.2, 0) is 19.1 Å². The molecule has 76 valence electrons. The van der Waals surface area contributed by atoms with Gasteiger partial charge in [-0.1, -0.05) is 0 Å². The first-order chi connectivity index (χ1) is 6.10. The van der Waals surface area contributed by atoms with Gasteiger partial charge in [0.05, 0.1) is 0 Å². The zero-order valence-corrected chi connectivity index (χ0v) is 7.75. The zero-order valence-electron chi connectivity index (χ0n) is 7.75. The Labute approximate surface area is 76.2 Å². The SMILES string of the molecule is CC(COC(=O)C[NH3+])OC(=O)C[NH3+]. The number of hydrogen-bond acceptors (Lipinski definition) is 4. The number of carbonyl (C=O) groups excluding carboxylic acids is 2. The highest BCUT2D eigenvalue weighted by molar-refractivity contribution is 5.71. The topological polar surface area (TPSA) is 108 Å².